The van der Waals surface area contributed by atoms with E-state index in [0.29, 0.717) is 10.8 Å². The molecule has 0 N–H and O–H groups in total. The molecule has 108 valence electrons. The zero-order valence-electron chi connectivity index (χ0n) is 11.9. The molecule has 1 atom stereocenters. The van der Waals surface area contributed by atoms with Gasteiger partial charge in [-0.2, -0.15) is 0 Å². The second-order valence-corrected chi connectivity index (χ2v) is 6.60. The zero-order chi connectivity index (χ0) is 15.2. The largest absolute Gasteiger partial charge is 0.144 e. The third-order valence-corrected chi connectivity index (χ3v) is 4.31. The third-order valence-electron chi connectivity index (χ3n) is 3.44. The van der Waals surface area contributed by atoms with E-state index >= 15 is 0 Å². The molecule has 1 aliphatic carbocycles. The van der Waals surface area contributed by atoms with Crippen LogP contribution >= 0.6 is 28.6 Å². The van der Waals surface area contributed by atoms with Gasteiger partial charge in [0.05, 0.1) is 0 Å². The van der Waals surface area contributed by atoms with Crippen molar-refractivity contribution in [3.05, 3.63) is 87.8 Å². The van der Waals surface area contributed by atoms with E-state index in [4.69, 9.17) is 0 Å². The Morgan fingerprint density at radius 2 is 2.10 bits per heavy atom. The first-order chi connectivity index (χ1) is 10.1. The lowest BCUT2D eigenvalue weighted by atomic mass is 9.87. The van der Waals surface area contributed by atoms with Crippen LogP contribution in [-0.4, -0.2) is 0 Å². The molecule has 0 spiro atoms. The Labute approximate surface area is 141 Å². The van der Waals surface area contributed by atoms with Gasteiger partial charge in [0.15, 0.2) is 0 Å². The molecule has 0 fully saturated rings. The molecule has 0 saturated heterocycles. The Morgan fingerprint density at radius 1 is 1.33 bits per heavy atom. The van der Waals surface area contributed by atoms with Crippen LogP contribution in [0.15, 0.2) is 76.7 Å². The van der Waals surface area contributed by atoms with E-state index in [1.54, 1.807) is 0 Å². The minimum absolute atomic E-state index is 0.562. The molecule has 0 heterocycles. The van der Waals surface area contributed by atoms with E-state index < -0.39 is 0 Å². The molecule has 1 aromatic carbocycles. The van der Waals surface area contributed by atoms with Crippen molar-refractivity contribution in [3.63, 3.8) is 0 Å². The first-order valence-electron chi connectivity index (χ1n) is 6.93. The highest BCUT2D eigenvalue weighted by Crippen LogP contribution is 2.25. The lowest BCUT2D eigenvalue weighted by molar-refractivity contribution is 0.654. The second kappa shape index (κ2) is 7.67. The lowest BCUT2D eigenvalue weighted by Gasteiger charge is -2.17. The highest BCUT2D eigenvalue weighted by molar-refractivity contribution is 9.12. The predicted octanol–water partition coefficient (Wildman–Crippen LogP) is 6.10. The van der Waals surface area contributed by atoms with Crippen LogP contribution < -0.4 is 0 Å². The van der Waals surface area contributed by atoms with Gasteiger partial charge in [-0.15, -0.1) is 12.6 Å². The lowest BCUT2D eigenvalue weighted by Crippen LogP contribution is -2.05. The van der Waals surface area contributed by atoms with Crippen LogP contribution in [-0.2, 0) is 6.42 Å². The second-order valence-electron chi connectivity index (χ2n) is 5.17. The van der Waals surface area contributed by atoms with Crippen LogP contribution in [0.3, 0.4) is 0 Å². The van der Waals surface area contributed by atoms with Gasteiger partial charge in [-0.1, -0.05) is 77.7 Å². The van der Waals surface area contributed by atoms with Crippen molar-refractivity contribution in [2.24, 2.45) is 5.92 Å². The summed E-state index contributed by atoms with van der Waals surface area (Å²) in [6.07, 6.45) is 12.7. The van der Waals surface area contributed by atoms with Gasteiger partial charge in [-0.25, -0.2) is 0 Å². The van der Waals surface area contributed by atoms with Crippen LogP contribution in [0.2, 0.25) is 0 Å². The number of hydrogen-bond acceptors (Lipinski definition) is 1. The molecular weight excluding hydrogens is 340 g/mol. The number of benzene rings is 1. The van der Waals surface area contributed by atoms with Crippen molar-refractivity contribution in [1.29, 1.82) is 0 Å². The molecule has 0 amide bonds. The average molecular weight is 359 g/mol. The predicted molar refractivity (Wildman–Crippen MR) is 101 cm³/mol. The van der Waals surface area contributed by atoms with Crippen molar-refractivity contribution in [2.75, 3.05) is 0 Å². The van der Waals surface area contributed by atoms with Gasteiger partial charge in [0.2, 0.25) is 0 Å². The molecule has 2 heteroatoms. The molecule has 21 heavy (non-hydrogen) atoms. The van der Waals surface area contributed by atoms with Gasteiger partial charge in [0, 0.05) is 4.48 Å². The van der Waals surface area contributed by atoms with Crippen LogP contribution in [0.4, 0.5) is 0 Å². The smallest absolute Gasteiger partial charge is 0.0252 e. The summed E-state index contributed by atoms with van der Waals surface area (Å²) in [7, 11) is 0. The molecule has 0 nitrogen and oxygen atoms in total. The Bertz CT molecular complexity index is 635. The van der Waals surface area contributed by atoms with Crippen molar-refractivity contribution in [1.82, 2.24) is 0 Å². The highest BCUT2D eigenvalue weighted by atomic mass is 79.9. The van der Waals surface area contributed by atoms with Gasteiger partial charge < -0.3 is 0 Å². The molecule has 2 rings (SSSR count). The third kappa shape index (κ3) is 4.90. The quantitative estimate of drug-likeness (QED) is 0.477. The van der Waals surface area contributed by atoms with E-state index in [2.05, 4.69) is 84.2 Å². The molecule has 0 aliphatic heterocycles. The minimum atomic E-state index is 0.562. The maximum atomic E-state index is 4.16. The van der Waals surface area contributed by atoms with Crippen molar-refractivity contribution >= 4 is 34.6 Å². The summed E-state index contributed by atoms with van der Waals surface area (Å²) in [6.45, 7) is 7.77. The first kappa shape index (κ1) is 16.1. The molecule has 0 aromatic heterocycles. The van der Waals surface area contributed by atoms with Crippen molar-refractivity contribution < 1.29 is 0 Å². The Kier molecular flexibility index (Phi) is 5.89. The number of halogens is 1. The summed E-state index contributed by atoms with van der Waals surface area (Å²) < 4.78 is 0.920. The Hall–Kier alpha value is -1.25. The summed E-state index contributed by atoms with van der Waals surface area (Å²) in [4.78, 5) is 0.711. The summed E-state index contributed by atoms with van der Waals surface area (Å²) in [6, 6.07) is 8.59. The molecule has 0 radical (unpaired) electrons. The summed E-state index contributed by atoms with van der Waals surface area (Å²) in [5.41, 5.74) is 3.72. The standard InChI is InChI=1S/C19H19BrS/c1-14(19(20)12-15(2)21)6-5-7-16-10-11-17-8-3-4-9-18(17)13-16/h3-6,8-12,16,21H,1-2,7,13H2/b6-5-,19-12+. The van der Waals surface area contributed by atoms with E-state index in [1.807, 2.05) is 12.2 Å². The highest BCUT2D eigenvalue weighted by Gasteiger charge is 2.11. The average Bonchev–Trinajstić information content (AvgIpc) is 2.46. The van der Waals surface area contributed by atoms with E-state index in [1.165, 1.54) is 11.1 Å². The minimum Gasteiger partial charge on any atom is -0.144 e. The normalized spacial score (nSPS) is 17.8. The van der Waals surface area contributed by atoms with Gasteiger partial charge in [-0.3, -0.25) is 0 Å². The fraction of sp³-hybridized carbons (Fsp3) is 0.158. The molecule has 0 saturated carbocycles. The SMILES string of the molecule is C=C(S)/C=C(/Br)C(=C)/C=C\CC1C=Cc2ccccc2C1. The van der Waals surface area contributed by atoms with E-state index in [9.17, 15) is 0 Å². The van der Waals surface area contributed by atoms with Gasteiger partial charge in [-0.05, 0) is 46.4 Å². The molecule has 0 bridgehead atoms. The zero-order valence-corrected chi connectivity index (χ0v) is 14.4. The fourth-order valence-electron chi connectivity index (χ4n) is 2.34. The van der Waals surface area contributed by atoms with Gasteiger partial charge in [0.1, 0.15) is 0 Å². The van der Waals surface area contributed by atoms with Gasteiger partial charge in [0.25, 0.3) is 0 Å². The van der Waals surface area contributed by atoms with Crippen molar-refractivity contribution in [2.45, 2.75) is 12.8 Å². The fourth-order valence-corrected chi connectivity index (χ4v) is 3.05. The number of rotatable bonds is 5. The van der Waals surface area contributed by atoms with Crippen molar-refractivity contribution in [3.8, 4) is 0 Å². The Balaban J connectivity index is 1.92. The maximum Gasteiger partial charge on any atom is 0.0252 e. The number of fused-ring (bicyclic) bond motifs is 1. The van der Waals surface area contributed by atoms with Gasteiger partial charge >= 0.3 is 0 Å². The summed E-state index contributed by atoms with van der Waals surface area (Å²) in [5.74, 6) is 0.562. The molecular formula is C19H19BrS. The summed E-state index contributed by atoms with van der Waals surface area (Å²) in [5, 5.41) is 0. The van der Waals surface area contributed by atoms with E-state index in [0.717, 1.165) is 22.9 Å². The maximum absolute atomic E-state index is 4.16. The van der Waals surface area contributed by atoms with Crippen LogP contribution in [0.25, 0.3) is 6.08 Å². The van der Waals surface area contributed by atoms with Crippen LogP contribution in [0.1, 0.15) is 17.5 Å². The molecule has 1 aliphatic rings. The summed E-state index contributed by atoms with van der Waals surface area (Å²) >= 11 is 7.64. The van der Waals surface area contributed by atoms with E-state index in [-0.39, 0.29) is 0 Å². The Morgan fingerprint density at radius 3 is 2.86 bits per heavy atom. The number of thiol groups is 1. The number of hydrogen-bond donors (Lipinski definition) is 1. The first-order valence-corrected chi connectivity index (χ1v) is 8.17. The van der Waals surface area contributed by atoms with Crippen LogP contribution in [0.5, 0.6) is 0 Å². The monoisotopic (exact) mass is 358 g/mol. The molecule has 1 aromatic rings. The topological polar surface area (TPSA) is 0 Å². The number of allylic oxidation sites excluding steroid dienone is 6. The van der Waals surface area contributed by atoms with Crippen LogP contribution in [0, 0.1) is 5.92 Å². The molecule has 1 unspecified atom stereocenters.